The molecule has 0 saturated carbocycles. The van der Waals surface area contributed by atoms with Crippen molar-refractivity contribution < 1.29 is 9.90 Å². The Kier molecular flexibility index (Phi) is 4.09. The summed E-state index contributed by atoms with van der Waals surface area (Å²) >= 11 is 0. The molecule has 1 fully saturated rings. The molecule has 2 rings (SSSR count). The van der Waals surface area contributed by atoms with Crippen molar-refractivity contribution >= 4 is 11.7 Å². The van der Waals surface area contributed by atoms with Crippen LogP contribution in [0.4, 0.5) is 5.82 Å². The van der Waals surface area contributed by atoms with Crippen molar-refractivity contribution in [2.75, 3.05) is 25.0 Å². The molecule has 1 amide bonds. The van der Waals surface area contributed by atoms with Gasteiger partial charge in [0.25, 0.3) is 5.91 Å². The van der Waals surface area contributed by atoms with Gasteiger partial charge in [0.1, 0.15) is 5.82 Å². The highest BCUT2D eigenvalue weighted by atomic mass is 16.3. The van der Waals surface area contributed by atoms with Gasteiger partial charge < -0.3 is 15.3 Å². The number of rotatable bonds is 4. The second-order valence-corrected chi connectivity index (χ2v) is 4.31. The van der Waals surface area contributed by atoms with Gasteiger partial charge in [-0.3, -0.25) is 4.79 Å². The van der Waals surface area contributed by atoms with Gasteiger partial charge >= 0.3 is 0 Å². The van der Waals surface area contributed by atoms with Crippen LogP contribution in [0.1, 0.15) is 30.3 Å². The van der Waals surface area contributed by atoms with E-state index in [1.165, 1.54) is 0 Å². The van der Waals surface area contributed by atoms with Crippen molar-refractivity contribution in [2.24, 2.45) is 0 Å². The number of aliphatic hydroxyl groups is 1. The lowest BCUT2D eigenvalue weighted by Crippen LogP contribution is -2.38. The van der Waals surface area contributed by atoms with E-state index in [4.69, 9.17) is 0 Å². The summed E-state index contributed by atoms with van der Waals surface area (Å²) < 4.78 is 0. The maximum atomic E-state index is 12.2. The average molecular weight is 250 g/mol. The molecule has 0 spiro atoms. The number of aliphatic hydroxyl groups excluding tert-OH is 1. The van der Waals surface area contributed by atoms with E-state index >= 15 is 0 Å². The molecule has 98 valence electrons. The summed E-state index contributed by atoms with van der Waals surface area (Å²) in [4.78, 5) is 13.9. The van der Waals surface area contributed by atoms with Crippen LogP contribution in [0.15, 0.2) is 12.1 Å². The van der Waals surface area contributed by atoms with Crippen LogP contribution < -0.4 is 5.32 Å². The number of hydrogen-bond donors (Lipinski definition) is 2. The van der Waals surface area contributed by atoms with Gasteiger partial charge in [0.05, 0.1) is 12.6 Å². The number of amides is 1. The predicted molar refractivity (Wildman–Crippen MR) is 67.3 cm³/mol. The van der Waals surface area contributed by atoms with Gasteiger partial charge in [0, 0.05) is 13.1 Å². The second-order valence-electron chi connectivity index (χ2n) is 4.31. The summed E-state index contributed by atoms with van der Waals surface area (Å²) in [5.74, 6) is 0.510. The van der Waals surface area contributed by atoms with Gasteiger partial charge in [0.2, 0.25) is 0 Å². The first-order chi connectivity index (χ1) is 8.76. The predicted octanol–water partition coefficient (Wildman–Crippen LogP) is 0.505. The Bertz CT molecular complexity index is 407. The molecule has 2 heterocycles. The number of nitrogens with one attached hydrogen (secondary N) is 1. The first-order valence-corrected chi connectivity index (χ1v) is 6.25. The van der Waals surface area contributed by atoms with Crippen molar-refractivity contribution in [3.8, 4) is 0 Å². The number of likely N-dealkylation sites (tertiary alicyclic amines) is 1. The number of aromatic nitrogens is 2. The molecule has 6 nitrogen and oxygen atoms in total. The van der Waals surface area contributed by atoms with Gasteiger partial charge in [-0.1, -0.05) is 0 Å². The van der Waals surface area contributed by atoms with Crippen LogP contribution in [0.2, 0.25) is 0 Å². The van der Waals surface area contributed by atoms with Crippen molar-refractivity contribution in [1.82, 2.24) is 15.1 Å². The number of nitrogens with zero attached hydrogens (tertiary/aromatic N) is 3. The fourth-order valence-electron chi connectivity index (χ4n) is 2.16. The smallest absolute Gasteiger partial charge is 0.274 e. The molecule has 0 aliphatic carbocycles. The van der Waals surface area contributed by atoms with Gasteiger partial charge in [-0.25, -0.2) is 0 Å². The number of anilines is 1. The number of hydrogen-bond acceptors (Lipinski definition) is 5. The lowest BCUT2D eigenvalue weighted by molar-refractivity contribution is 0.0670. The second kappa shape index (κ2) is 5.77. The van der Waals surface area contributed by atoms with Crippen LogP contribution in [-0.4, -0.2) is 51.8 Å². The molecule has 1 aromatic heterocycles. The van der Waals surface area contributed by atoms with Crippen molar-refractivity contribution in [2.45, 2.75) is 25.8 Å². The molecular formula is C12H18N4O2. The zero-order chi connectivity index (χ0) is 13.0. The van der Waals surface area contributed by atoms with Gasteiger partial charge in [-0.2, -0.15) is 0 Å². The Hall–Kier alpha value is -1.69. The molecule has 1 unspecified atom stereocenters. The topological polar surface area (TPSA) is 78.4 Å². The molecule has 1 aliphatic rings. The van der Waals surface area contributed by atoms with Crippen LogP contribution in [0.5, 0.6) is 0 Å². The summed E-state index contributed by atoms with van der Waals surface area (Å²) in [5.41, 5.74) is 0.331. The zero-order valence-electron chi connectivity index (χ0n) is 10.5. The normalized spacial score (nSPS) is 19.0. The summed E-state index contributed by atoms with van der Waals surface area (Å²) in [7, 11) is 0. The van der Waals surface area contributed by atoms with E-state index in [2.05, 4.69) is 15.5 Å². The zero-order valence-corrected chi connectivity index (χ0v) is 10.5. The maximum absolute atomic E-state index is 12.2. The minimum Gasteiger partial charge on any atom is -0.394 e. The average Bonchev–Trinajstić information content (AvgIpc) is 2.87. The van der Waals surface area contributed by atoms with Crippen molar-refractivity contribution in [3.05, 3.63) is 17.8 Å². The summed E-state index contributed by atoms with van der Waals surface area (Å²) in [5, 5.41) is 20.1. The van der Waals surface area contributed by atoms with Gasteiger partial charge in [-0.15, -0.1) is 10.2 Å². The molecule has 0 radical (unpaired) electrons. The lowest BCUT2D eigenvalue weighted by Gasteiger charge is -2.22. The molecule has 0 bridgehead atoms. The third-order valence-electron chi connectivity index (χ3n) is 3.09. The number of carbonyl (C=O) groups is 1. The van der Waals surface area contributed by atoms with Gasteiger partial charge in [-0.05, 0) is 31.9 Å². The molecule has 6 heteroatoms. The first-order valence-electron chi connectivity index (χ1n) is 6.25. The molecule has 2 N–H and O–H groups in total. The van der Waals surface area contributed by atoms with Crippen LogP contribution in [-0.2, 0) is 0 Å². The number of carbonyl (C=O) groups excluding carboxylic acids is 1. The molecule has 18 heavy (non-hydrogen) atoms. The highest BCUT2D eigenvalue weighted by Crippen LogP contribution is 2.19. The highest BCUT2D eigenvalue weighted by molar-refractivity contribution is 5.92. The van der Waals surface area contributed by atoms with E-state index in [0.29, 0.717) is 18.1 Å². The standard InChI is InChI=1S/C12H18N4O2/c1-2-13-11-6-5-10(14-15-11)12(18)16-7-3-4-9(16)8-17/h5-6,9,17H,2-4,7-8H2,1H3,(H,13,15). The maximum Gasteiger partial charge on any atom is 0.274 e. The summed E-state index contributed by atoms with van der Waals surface area (Å²) in [6.07, 6.45) is 1.78. The Labute approximate surface area is 106 Å². The van der Waals surface area contributed by atoms with Crippen LogP contribution >= 0.6 is 0 Å². The Balaban J connectivity index is 2.08. The van der Waals surface area contributed by atoms with Gasteiger partial charge in [0.15, 0.2) is 5.69 Å². The van der Waals surface area contributed by atoms with E-state index in [1.54, 1.807) is 17.0 Å². The molecule has 0 aromatic carbocycles. The Morgan fingerprint density at radius 3 is 3.00 bits per heavy atom. The molecule has 1 saturated heterocycles. The summed E-state index contributed by atoms with van der Waals surface area (Å²) in [6, 6.07) is 3.33. The van der Waals surface area contributed by atoms with Crippen molar-refractivity contribution in [3.63, 3.8) is 0 Å². The highest BCUT2D eigenvalue weighted by Gasteiger charge is 2.29. The molecule has 1 atom stereocenters. The third kappa shape index (κ3) is 2.59. The Morgan fingerprint density at radius 1 is 1.56 bits per heavy atom. The minimum atomic E-state index is -0.151. The van der Waals surface area contributed by atoms with Crippen LogP contribution in [0.25, 0.3) is 0 Å². The monoisotopic (exact) mass is 250 g/mol. The molecule has 1 aromatic rings. The lowest BCUT2D eigenvalue weighted by atomic mass is 10.2. The Morgan fingerprint density at radius 2 is 2.39 bits per heavy atom. The van der Waals surface area contributed by atoms with Crippen molar-refractivity contribution in [1.29, 1.82) is 0 Å². The van der Waals surface area contributed by atoms with E-state index < -0.39 is 0 Å². The van der Waals surface area contributed by atoms with E-state index in [-0.39, 0.29) is 18.6 Å². The van der Waals surface area contributed by atoms with E-state index in [1.807, 2.05) is 6.92 Å². The molecule has 1 aliphatic heterocycles. The fraction of sp³-hybridized carbons (Fsp3) is 0.583. The quantitative estimate of drug-likeness (QED) is 0.814. The van der Waals surface area contributed by atoms with Crippen LogP contribution in [0.3, 0.4) is 0 Å². The van der Waals surface area contributed by atoms with Crippen LogP contribution in [0, 0.1) is 0 Å². The largest absolute Gasteiger partial charge is 0.394 e. The fourth-order valence-corrected chi connectivity index (χ4v) is 2.16. The first kappa shape index (κ1) is 12.8. The molecular weight excluding hydrogens is 232 g/mol. The van der Waals surface area contributed by atoms with E-state index in [9.17, 15) is 9.90 Å². The van der Waals surface area contributed by atoms with E-state index in [0.717, 1.165) is 19.4 Å². The summed E-state index contributed by atoms with van der Waals surface area (Å²) in [6.45, 7) is 3.42. The SMILES string of the molecule is CCNc1ccc(C(=O)N2CCCC2CO)nn1. The third-order valence-corrected chi connectivity index (χ3v) is 3.09. The minimum absolute atomic E-state index is 0.00857.